The Labute approximate surface area is 423 Å². The van der Waals surface area contributed by atoms with E-state index < -0.39 is 5.41 Å². The third-order valence-electron chi connectivity index (χ3n) is 16.7. The summed E-state index contributed by atoms with van der Waals surface area (Å²) in [6.07, 6.45) is 0. The number of hydrogen-bond acceptors (Lipinski definition) is 1. The molecule has 0 aromatic heterocycles. The molecule has 11 aromatic rings. The first kappa shape index (κ1) is 42.4. The van der Waals surface area contributed by atoms with Crippen LogP contribution in [-0.2, 0) is 16.2 Å². The Morgan fingerprint density at radius 1 is 0.278 bits per heavy atom. The first-order chi connectivity index (χ1) is 35.3. The summed E-state index contributed by atoms with van der Waals surface area (Å²) in [7, 11) is 0. The van der Waals surface area contributed by atoms with E-state index in [1.165, 1.54) is 111 Å². The molecule has 0 unspecified atom stereocenters. The molecule has 14 rings (SSSR count). The molecule has 3 aliphatic rings. The zero-order valence-electron chi connectivity index (χ0n) is 41.1. The van der Waals surface area contributed by atoms with Gasteiger partial charge in [-0.2, -0.15) is 0 Å². The molecular weight excluding hydrogens is 867 g/mol. The van der Waals surface area contributed by atoms with E-state index in [1.54, 1.807) is 0 Å². The van der Waals surface area contributed by atoms with Crippen molar-refractivity contribution >= 4 is 27.8 Å². The highest BCUT2D eigenvalue weighted by Gasteiger charge is 2.49. The molecule has 0 atom stereocenters. The monoisotopic (exact) mass is 919 g/mol. The molecule has 342 valence electrons. The molecule has 0 heterocycles. The molecule has 0 fully saturated rings. The molecule has 0 saturated heterocycles. The van der Waals surface area contributed by atoms with Gasteiger partial charge in [0.2, 0.25) is 0 Å². The van der Waals surface area contributed by atoms with E-state index in [0.29, 0.717) is 0 Å². The third-order valence-corrected chi connectivity index (χ3v) is 16.7. The third kappa shape index (κ3) is 5.89. The zero-order chi connectivity index (χ0) is 48.3. The van der Waals surface area contributed by atoms with Crippen molar-refractivity contribution in [3.05, 3.63) is 293 Å². The van der Waals surface area contributed by atoms with Crippen LogP contribution in [0, 0.1) is 0 Å². The first-order valence-electron chi connectivity index (χ1n) is 25.5. The van der Waals surface area contributed by atoms with Crippen LogP contribution >= 0.6 is 0 Å². The van der Waals surface area contributed by atoms with Crippen molar-refractivity contribution in [2.24, 2.45) is 0 Å². The van der Waals surface area contributed by atoms with Gasteiger partial charge in [-0.25, -0.2) is 0 Å². The van der Waals surface area contributed by atoms with Crippen LogP contribution < -0.4 is 4.90 Å². The minimum Gasteiger partial charge on any atom is -0.310 e. The van der Waals surface area contributed by atoms with Crippen LogP contribution in [0.15, 0.2) is 249 Å². The molecule has 0 saturated carbocycles. The molecule has 0 radical (unpaired) electrons. The predicted octanol–water partition coefficient (Wildman–Crippen LogP) is 18.6. The first-order valence-corrected chi connectivity index (χ1v) is 25.5. The van der Waals surface area contributed by atoms with Crippen LogP contribution in [0.5, 0.6) is 0 Å². The van der Waals surface area contributed by atoms with Gasteiger partial charge in [0.25, 0.3) is 0 Å². The Hall–Kier alpha value is -8.52. The van der Waals surface area contributed by atoms with E-state index in [1.807, 2.05) is 0 Å². The van der Waals surface area contributed by atoms with E-state index in [-0.39, 0.29) is 10.8 Å². The van der Waals surface area contributed by atoms with Gasteiger partial charge in [0.15, 0.2) is 0 Å². The summed E-state index contributed by atoms with van der Waals surface area (Å²) in [4.78, 5) is 2.50. The minimum atomic E-state index is -0.573. The van der Waals surface area contributed by atoms with Crippen LogP contribution in [0.25, 0.3) is 66.4 Å². The molecule has 0 spiro atoms. The number of benzene rings is 11. The van der Waals surface area contributed by atoms with Crippen LogP contribution in [0.2, 0.25) is 0 Å². The average Bonchev–Trinajstić information content (AvgIpc) is 3.97. The van der Waals surface area contributed by atoms with Crippen molar-refractivity contribution in [2.75, 3.05) is 4.90 Å². The van der Waals surface area contributed by atoms with Gasteiger partial charge in [0.1, 0.15) is 0 Å². The number of hydrogen-bond donors (Lipinski definition) is 0. The van der Waals surface area contributed by atoms with Gasteiger partial charge in [-0.1, -0.05) is 240 Å². The maximum Gasteiger partial charge on any atom is 0.0719 e. The lowest BCUT2D eigenvalue weighted by molar-refractivity contribution is 0.660. The van der Waals surface area contributed by atoms with Gasteiger partial charge in [-0.05, 0) is 147 Å². The lowest BCUT2D eigenvalue weighted by atomic mass is 9.66. The van der Waals surface area contributed by atoms with Crippen LogP contribution in [-0.4, -0.2) is 0 Å². The van der Waals surface area contributed by atoms with Crippen molar-refractivity contribution in [1.82, 2.24) is 0 Å². The molecule has 0 aliphatic heterocycles. The highest BCUT2D eigenvalue weighted by atomic mass is 15.1. The van der Waals surface area contributed by atoms with E-state index in [4.69, 9.17) is 0 Å². The van der Waals surface area contributed by atoms with Crippen molar-refractivity contribution in [3.8, 4) is 55.6 Å². The normalized spacial score (nSPS) is 14.7. The Balaban J connectivity index is 1.03. The Morgan fingerprint density at radius 2 is 0.681 bits per heavy atom. The van der Waals surface area contributed by atoms with Gasteiger partial charge in [0, 0.05) is 27.9 Å². The molecule has 1 heteroatoms. The smallest absolute Gasteiger partial charge is 0.0719 e. The van der Waals surface area contributed by atoms with Crippen molar-refractivity contribution in [1.29, 1.82) is 0 Å². The lowest BCUT2D eigenvalue weighted by Crippen LogP contribution is -2.28. The van der Waals surface area contributed by atoms with Crippen molar-refractivity contribution in [2.45, 2.75) is 43.9 Å². The highest BCUT2D eigenvalue weighted by Crippen LogP contribution is 2.63. The van der Waals surface area contributed by atoms with Crippen LogP contribution in [0.4, 0.5) is 17.1 Å². The molecule has 1 nitrogen and oxygen atoms in total. The van der Waals surface area contributed by atoms with Crippen LogP contribution in [0.3, 0.4) is 0 Å². The largest absolute Gasteiger partial charge is 0.310 e. The summed E-state index contributed by atoms with van der Waals surface area (Å²) in [5.74, 6) is 0. The maximum atomic E-state index is 2.50. The lowest BCUT2D eigenvalue weighted by Gasteiger charge is -2.35. The van der Waals surface area contributed by atoms with Gasteiger partial charge in [-0.15, -0.1) is 0 Å². The van der Waals surface area contributed by atoms with Crippen LogP contribution in [0.1, 0.15) is 72.2 Å². The summed E-state index contributed by atoms with van der Waals surface area (Å²) >= 11 is 0. The molecule has 0 bridgehead atoms. The zero-order valence-corrected chi connectivity index (χ0v) is 41.1. The SMILES string of the molecule is CC1(C)c2ccccc2-c2ccc(N(c3ccc(-c4c5c(c6ccccc6c4-c4ccccc4)C(c4ccccc4)(c4ccccc4)c4ccccc4-5)cc3)c3ccc4c(c3)C(C)(C)c3ccccc3-4)cc21. The second-order valence-electron chi connectivity index (χ2n) is 21.1. The standard InChI is InChI=1S/C71H53N/c1-69(2)60-33-19-16-28-53(60)55-42-40-51(44-63(55)69)72(52-41-43-56-54-29-17-20-34-61(54)70(3,4)64(56)45-52)50-38-36-47(37-39-50)66-65(46-22-8-5-9-23-46)57-30-14-15-31-58(57)68-67(66)59-32-18-21-35-62(59)71(68,48-24-10-6-11-25-48)49-26-12-7-13-27-49/h5-45H,1-4H3. The second kappa shape index (κ2) is 15.7. The number of fused-ring (bicyclic) bond motifs is 11. The van der Waals surface area contributed by atoms with E-state index in [0.717, 1.165) is 17.1 Å². The summed E-state index contributed by atoms with van der Waals surface area (Å²) in [5.41, 5.74) is 26.0. The number of anilines is 3. The molecule has 0 amide bonds. The summed E-state index contributed by atoms with van der Waals surface area (Å²) in [5, 5.41) is 2.51. The number of rotatable bonds is 7. The quantitative estimate of drug-likeness (QED) is 0.154. The summed E-state index contributed by atoms with van der Waals surface area (Å²) < 4.78 is 0. The predicted molar refractivity (Wildman–Crippen MR) is 302 cm³/mol. The van der Waals surface area contributed by atoms with Crippen molar-refractivity contribution in [3.63, 3.8) is 0 Å². The second-order valence-corrected chi connectivity index (χ2v) is 21.1. The summed E-state index contributed by atoms with van der Waals surface area (Å²) in [6, 6.07) is 93.6. The summed E-state index contributed by atoms with van der Waals surface area (Å²) in [6.45, 7) is 9.52. The minimum absolute atomic E-state index is 0.144. The fourth-order valence-corrected chi connectivity index (χ4v) is 13.5. The molecule has 3 aliphatic carbocycles. The van der Waals surface area contributed by atoms with Gasteiger partial charge >= 0.3 is 0 Å². The van der Waals surface area contributed by atoms with Gasteiger partial charge in [0.05, 0.1) is 5.41 Å². The van der Waals surface area contributed by atoms with E-state index in [2.05, 4.69) is 281 Å². The average molecular weight is 920 g/mol. The van der Waals surface area contributed by atoms with Crippen molar-refractivity contribution < 1.29 is 0 Å². The molecule has 0 N–H and O–H groups in total. The maximum absolute atomic E-state index is 2.50. The van der Waals surface area contributed by atoms with E-state index >= 15 is 0 Å². The Bertz CT molecular complexity index is 3810. The fraction of sp³-hybridized carbons (Fsp3) is 0.0986. The fourth-order valence-electron chi connectivity index (χ4n) is 13.5. The Morgan fingerprint density at radius 3 is 1.22 bits per heavy atom. The molecular formula is C71H53N. The van der Waals surface area contributed by atoms with E-state index in [9.17, 15) is 0 Å². The van der Waals surface area contributed by atoms with Gasteiger partial charge < -0.3 is 4.90 Å². The van der Waals surface area contributed by atoms with Gasteiger partial charge in [-0.3, -0.25) is 0 Å². The Kier molecular flexibility index (Phi) is 9.26. The molecule has 11 aromatic carbocycles. The topological polar surface area (TPSA) is 3.24 Å². The number of nitrogens with zero attached hydrogens (tertiary/aromatic N) is 1. The molecule has 72 heavy (non-hydrogen) atoms. The highest BCUT2D eigenvalue weighted by molar-refractivity contribution is 6.15.